The van der Waals surface area contributed by atoms with E-state index in [0.29, 0.717) is 16.9 Å². The molecule has 2 saturated carbocycles. The minimum Gasteiger partial charge on any atom is -0.353 e. The fourth-order valence-electron chi connectivity index (χ4n) is 3.67. The maximum absolute atomic E-state index is 11.1. The lowest BCUT2D eigenvalue weighted by atomic mass is 9.69. The van der Waals surface area contributed by atoms with Gasteiger partial charge in [0.1, 0.15) is 0 Å². The third kappa shape index (κ3) is 1.06. The summed E-state index contributed by atoms with van der Waals surface area (Å²) in [6, 6.07) is 0.411. The van der Waals surface area contributed by atoms with Crippen LogP contribution in [0.1, 0.15) is 47.0 Å². The molecule has 2 rings (SSSR count). The normalized spacial score (nSPS) is 44.0. The van der Waals surface area contributed by atoms with Crippen LogP contribution in [0.3, 0.4) is 0 Å². The molecular formula is C12H21NO. The maximum Gasteiger partial charge on any atom is 0.217 e. The zero-order valence-electron chi connectivity index (χ0n) is 9.68. The highest BCUT2D eigenvalue weighted by atomic mass is 16.1. The number of rotatable bonds is 1. The van der Waals surface area contributed by atoms with E-state index >= 15 is 0 Å². The van der Waals surface area contributed by atoms with Gasteiger partial charge in [-0.2, -0.15) is 0 Å². The molecule has 1 N–H and O–H groups in total. The second-order valence-corrected chi connectivity index (χ2v) is 5.86. The molecule has 0 heterocycles. The Balaban J connectivity index is 2.23. The van der Waals surface area contributed by atoms with Crippen LogP contribution in [0.5, 0.6) is 0 Å². The summed E-state index contributed by atoms with van der Waals surface area (Å²) in [6.07, 6.45) is 3.80. The van der Waals surface area contributed by atoms with Gasteiger partial charge < -0.3 is 5.32 Å². The molecule has 2 heteroatoms. The fourth-order valence-corrected chi connectivity index (χ4v) is 3.67. The molecule has 14 heavy (non-hydrogen) atoms. The molecule has 0 aromatic rings. The van der Waals surface area contributed by atoms with Gasteiger partial charge in [-0.05, 0) is 36.0 Å². The molecule has 1 amide bonds. The molecular weight excluding hydrogens is 174 g/mol. The Morgan fingerprint density at radius 1 is 1.36 bits per heavy atom. The van der Waals surface area contributed by atoms with E-state index < -0.39 is 0 Å². The Hall–Kier alpha value is -0.530. The zero-order valence-corrected chi connectivity index (χ0v) is 9.68. The van der Waals surface area contributed by atoms with Crippen molar-refractivity contribution in [1.29, 1.82) is 0 Å². The number of amides is 1. The van der Waals surface area contributed by atoms with Crippen molar-refractivity contribution in [2.24, 2.45) is 16.7 Å². The lowest BCUT2D eigenvalue weighted by Crippen LogP contribution is -2.46. The maximum atomic E-state index is 11.1. The van der Waals surface area contributed by atoms with Gasteiger partial charge in [-0.3, -0.25) is 4.79 Å². The topological polar surface area (TPSA) is 29.1 Å². The summed E-state index contributed by atoms with van der Waals surface area (Å²) in [5, 5.41) is 3.13. The van der Waals surface area contributed by atoms with Gasteiger partial charge in [-0.1, -0.05) is 20.8 Å². The van der Waals surface area contributed by atoms with Gasteiger partial charge in [0.25, 0.3) is 0 Å². The van der Waals surface area contributed by atoms with E-state index in [-0.39, 0.29) is 5.91 Å². The summed E-state index contributed by atoms with van der Waals surface area (Å²) in [5.74, 6) is 0.934. The monoisotopic (exact) mass is 195 g/mol. The molecule has 0 aromatic carbocycles. The molecule has 0 spiro atoms. The molecule has 0 aliphatic heterocycles. The number of carbonyl (C=O) groups excluding carboxylic acids is 1. The lowest BCUT2D eigenvalue weighted by Gasteiger charge is -2.39. The number of hydrogen-bond donors (Lipinski definition) is 1. The molecule has 2 aliphatic rings. The quantitative estimate of drug-likeness (QED) is 0.683. The van der Waals surface area contributed by atoms with E-state index in [0.717, 1.165) is 5.92 Å². The van der Waals surface area contributed by atoms with E-state index in [4.69, 9.17) is 0 Å². The van der Waals surface area contributed by atoms with Crippen molar-refractivity contribution >= 4 is 5.91 Å². The molecule has 2 nitrogen and oxygen atoms in total. The highest BCUT2D eigenvalue weighted by Gasteiger charge is 2.61. The first kappa shape index (κ1) is 10.0. The summed E-state index contributed by atoms with van der Waals surface area (Å²) in [6.45, 7) is 8.71. The predicted octanol–water partition coefficient (Wildman–Crippen LogP) is 2.34. The molecule has 2 fully saturated rings. The van der Waals surface area contributed by atoms with Crippen LogP contribution in [0.15, 0.2) is 0 Å². The largest absolute Gasteiger partial charge is 0.353 e. The third-order valence-corrected chi connectivity index (χ3v) is 5.17. The summed E-state index contributed by atoms with van der Waals surface area (Å²) >= 11 is 0. The molecule has 2 bridgehead atoms. The average Bonchev–Trinajstić information content (AvgIpc) is 2.35. The van der Waals surface area contributed by atoms with Crippen LogP contribution in [0, 0.1) is 16.7 Å². The van der Waals surface area contributed by atoms with Crippen LogP contribution >= 0.6 is 0 Å². The Kier molecular flexibility index (Phi) is 1.96. The minimum atomic E-state index is 0.125. The Bertz CT molecular complexity index is 271. The van der Waals surface area contributed by atoms with Crippen molar-refractivity contribution in [1.82, 2.24) is 5.32 Å². The lowest BCUT2D eigenvalue weighted by molar-refractivity contribution is -0.120. The highest BCUT2D eigenvalue weighted by molar-refractivity contribution is 5.73. The van der Waals surface area contributed by atoms with Gasteiger partial charge in [-0.15, -0.1) is 0 Å². The van der Waals surface area contributed by atoms with Gasteiger partial charge in [0.15, 0.2) is 0 Å². The van der Waals surface area contributed by atoms with Crippen LogP contribution in [-0.2, 0) is 4.79 Å². The second-order valence-electron chi connectivity index (χ2n) is 5.86. The molecule has 0 aromatic heterocycles. The van der Waals surface area contributed by atoms with Crippen LogP contribution in [0.25, 0.3) is 0 Å². The summed E-state index contributed by atoms with van der Waals surface area (Å²) in [5.41, 5.74) is 0.726. The van der Waals surface area contributed by atoms with Crippen LogP contribution in [-0.4, -0.2) is 11.9 Å². The van der Waals surface area contributed by atoms with Gasteiger partial charge in [0.05, 0.1) is 0 Å². The summed E-state index contributed by atoms with van der Waals surface area (Å²) < 4.78 is 0. The van der Waals surface area contributed by atoms with E-state index in [1.165, 1.54) is 19.3 Å². The first-order valence-corrected chi connectivity index (χ1v) is 5.65. The molecule has 0 saturated heterocycles. The fraction of sp³-hybridized carbons (Fsp3) is 0.917. The van der Waals surface area contributed by atoms with Crippen molar-refractivity contribution in [2.45, 2.75) is 53.0 Å². The Morgan fingerprint density at radius 3 is 2.36 bits per heavy atom. The molecule has 0 radical (unpaired) electrons. The summed E-state index contributed by atoms with van der Waals surface area (Å²) in [7, 11) is 0. The van der Waals surface area contributed by atoms with Crippen LogP contribution < -0.4 is 5.32 Å². The van der Waals surface area contributed by atoms with Crippen molar-refractivity contribution in [3.05, 3.63) is 0 Å². The number of carbonyl (C=O) groups is 1. The van der Waals surface area contributed by atoms with Crippen LogP contribution in [0.2, 0.25) is 0 Å². The first-order chi connectivity index (χ1) is 6.38. The smallest absolute Gasteiger partial charge is 0.217 e. The third-order valence-electron chi connectivity index (χ3n) is 5.17. The number of nitrogens with one attached hydrogen (secondary N) is 1. The Labute approximate surface area is 86.5 Å². The van der Waals surface area contributed by atoms with Gasteiger partial charge in [0.2, 0.25) is 5.91 Å². The number of hydrogen-bond acceptors (Lipinski definition) is 1. The molecule has 3 atom stereocenters. The molecule has 80 valence electrons. The summed E-state index contributed by atoms with van der Waals surface area (Å²) in [4.78, 5) is 11.1. The van der Waals surface area contributed by atoms with Gasteiger partial charge in [-0.25, -0.2) is 0 Å². The van der Waals surface area contributed by atoms with Crippen molar-refractivity contribution in [2.75, 3.05) is 0 Å². The van der Waals surface area contributed by atoms with E-state index in [2.05, 4.69) is 26.1 Å². The van der Waals surface area contributed by atoms with E-state index in [1.54, 1.807) is 6.92 Å². The average molecular weight is 195 g/mol. The van der Waals surface area contributed by atoms with Gasteiger partial charge in [0, 0.05) is 13.0 Å². The predicted molar refractivity (Wildman–Crippen MR) is 56.8 cm³/mol. The molecule has 0 unspecified atom stereocenters. The van der Waals surface area contributed by atoms with Crippen molar-refractivity contribution in [3.8, 4) is 0 Å². The van der Waals surface area contributed by atoms with E-state index in [1.807, 2.05) is 0 Å². The molecule has 2 aliphatic carbocycles. The van der Waals surface area contributed by atoms with E-state index in [9.17, 15) is 4.79 Å². The standard InChI is InChI=1S/C12H21NO/c1-8(14)13-10-7-9-5-6-12(10,4)11(9,2)3/h9-10H,5-7H2,1-4H3,(H,13,14)/t9-,10+,12-/m0/s1. The van der Waals surface area contributed by atoms with Crippen molar-refractivity contribution < 1.29 is 4.79 Å². The van der Waals surface area contributed by atoms with Crippen LogP contribution in [0.4, 0.5) is 0 Å². The minimum absolute atomic E-state index is 0.125. The first-order valence-electron chi connectivity index (χ1n) is 5.65. The second kappa shape index (κ2) is 2.74. The highest BCUT2D eigenvalue weighted by Crippen LogP contribution is 2.65. The van der Waals surface area contributed by atoms with Gasteiger partial charge >= 0.3 is 0 Å². The Morgan fingerprint density at radius 2 is 2.00 bits per heavy atom. The SMILES string of the molecule is CC(=O)N[C@@H]1C[C@@H]2CC[C@]1(C)C2(C)C. The van der Waals surface area contributed by atoms with Crippen molar-refractivity contribution in [3.63, 3.8) is 0 Å². The number of fused-ring (bicyclic) bond motifs is 2. The zero-order chi connectivity index (χ0) is 10.6.